The number of nitrogens with one attached hydrogen (secondary N) is 2. The second-order valence-electron chi connectivity index (χ2n) is 9.11. The van der Waals surface area contributed by atoms with Crippen molar-refractivity contribution in [3.05, 3.63) is 94.8 Å². The van der Waals surface area contributed by atoms with Crippen LogP contribution in [0.5, 0.6) is 17.4 Å². The Morgan fingerprint density at radius 3 is 2.62 bits per heavy atom. The molecule has 0 aliphatic rings. The third-order valence-corrected chi connectivity index (χ3v) is 6.40. The highest BCUT2D eigenvalue weighted by Crippen LogP contribution is 2.31. The minimum absolute atomic E-state index is 0.0465. The number of methoxy groups -OCH3 is 1. The molecule has 10 heteroatoms. The van der Waals surface area contributed by atoms with Gasteiger partial charge in [-0.1, -0.05) is 24.3 Å². The molecule has 0 radical (unpaired) electrons. The van der Waals surface area contributed by atoms with Gasteiger partial charge in [0, 0.05) is 46.5 Å². The summed E-state index contributed by atoms with van der Waals surface area (Å²) in [7, 11) is 1.46. The average Bonchev–Trinajstić information content (AvgIpc) is 3.49. The van der Waals surface area contributed by atoms with Gasteiger partial charge < -0.3 is 25.3 Å². The average molecular weight is 538 g/mol. The van der Waals surface area contributed by atoms with Crippen molar-refractivity contribution in [3.8, 4) is 17.4 Å². The number of phenols is 1. The molecule has 10 nitrogen and oxygen atoms in total. The number of aromatic nitrogens is 3. The van der Waals surface area contributed by atoms with Crippen LogP contribution in [0.15, 0.2) is 71.7 Å². The van der Waals surface area contributed by atoms with Crippen LogP contribution in [0.2, 0.25) is 0 Å². The highest BCUT2D eigenvalue weighted by molar-refractivity contribution is 6.13. The largest absolute Gasteiger partial charge is 0.504 e. The highest BCUT2D eigenvalue weighted by atomic mass is 16.5. The lowest BCUT2D eigenvalue weighted by molar-refractivity contribution is 0.101. The normalized spacial score (nSPS) is 11.3. The first-order chi connectivity index (χ1) is 19.3. The van der Waals surface area contributed by atoms with E-state index >= 15 is 0 Å². The predicted octanol–water partition coefficient (Wildman–Crippen LogP) is 5.35. The van der Waals surface area contributed by atoms with Gasteiger partial charge in [0.15, 0.2) is 23.2 Å². The fourth-order valence-corrected chi connectivity index (χ4v) is 4.44. The minimum atomic E-state index is -0.311. The molecule has 0 saturated carbocycles. The molecule has 0 spiro atoms. The lowest BCUT2D eigenvalue weighted by Crippen LogP contribution is -2.17. The van der Waals surface area contributed by atoms with Crippen molar-refractivity contribution in [1.29, 1.82) is 0 Å². The molecule has 0 bridgehead atoms. The number of benzene rings is 3. The van der Waals surface area contributed by atoms with Crippen LogP contribution in [0.3, 0.4) is 0 Å². The van der Waals surface area contributed by atoms with E-state index in [-0.39, 0.29) is 23.3 Å². The molecule has 3 aromatic carbocycles. The van der Waals surface area contributed by atoms with Crippen molar-refractivity contribution in [2.45, 2.75) is 20.4 Å². The number of aromatic hydroxyl groups is 2. The Labute approximate surface area is 229 Å². The lowest BCUT2D eigenvalue weighted by atomic mass is 10.0. The number of rotatable bonds is 8. The molecule has 0 fully saturated rings. The van der Waals surface area contributed by atoms with Crippen molar-refractivity contribution in [3.63, 3.8) is 0 Å². The minimum Gasteiger partial charge on any atom is -0.504 e. The summed E-state index contributed by atoms with van der Waals surface area (Å²) in [6.45, 7) is 4.29. The molecule has 0 aliphatic carbocycles. The zero-order valence-electron chi connectivity index (χ0n) is 22.1. The maximum absolute atomic E-state index is 13.3. The van der Waals surface area contributed by atoms with E-state index in [1.807, 2.05) is 13.8 Å². The highest BCUT2D eigenvalue weighted by Gasteiger charge is 2.17. The van der Waals surface area contributed by atoms with Gasteiger partial charge in [0.05, 0.1) is 24.1 Å². The maximum atomic E-state index is 13.3. The molecular weight excluding hydrogens is 510 g/mol. The van der Waals surface area contributed by atoms with E-state index in [0.717, 1.165) is 5.69 Å². The first-order valence-electron chi connectivity index (χ1n) is 12.5. The van der Waals surface area contributed by atoms with Gasteiger partial charge in [0.25, 0.3) is 5.91 Å². The molecule has 0 unspecified atom stereocenters. The summed E-state index contributed by atoms with van der Waals surface area (Å²) in [4.78, 5) is 33.4. The number of anilines is 1. The Morgan fingerprint density at radius 1 is 1.07 bits per heavy atom. The Morgan fingerprint density at radius 2 is 1.88 bits per heavy atom. The smallest absolute Gasteiger partial charge is 0.273 e. The number of carbonyl (C=O) groups excluding carboxylic acids is 2. The number of aliphatic imine (C=N–C) groups is 1. The summed E-state index contributed by atoms with van der Waals surface area (Å²) in [5.74, 6) is -0.375. The molecule has 0 saturated heterocycles. The van der Waals surface area contributed by atoms with Gasteiger partial charge in [-0.25, -0.2) is 0 Å². The van der Waals surface area contributed by atoms with E-state index in [9.17, 15) is 19.8 Å². The Bertz CT molecular complexity index is 1780. The fraction of sp³-hybridized carbons (Fsp3) is 0.133. The number of nitrogens with zero attached hydrogens (tertiary/aromatic N) is 3. The van der Waals surface area contributed by atoms with Gasteiger partial charge in [-0.2, -0.15) is 5.10 Å². The van der Waals surface area contributed by atoms with Gasteiger partial charge in [-0.15, -0.1) is 0 Å². The number of ether oxygens (including phenoxy) is 1. The van der Waals surface area contributed by atoms with Crippen LogP contribution < -0.4 is 10.1 Å². The Balaban J connectivity index is 1.37. The summed E-state index contributed by atoms with van der Waals surface area (Å²) in [6.07, 6.45) is 1.48. The second kappa shape index (κ2) is 10.8. The van der Waals surface area contributed by atoms with Gasteiger partial charge in [-0.05, 0) is 50.2 Å². The van der Waals surface area contributed by atoms with Crippen LogP contribution >= 0.6 is 0 Å². The van der Waals surface area contributed by atoms with E-state index < -0.39 is 0 Å². The molecular formula is C30H27N5O5. The quantitative estimate of drug-likeness (QED) is 0.155. The van der Waals surface area contributed by atoms with Crippen LogP contribution in [0.25, 0.3) is 10.9 Å². The SMILES string of the molecule is CCn1nc(C)cc1C(=O)Nc1cccc(C(=O)c2ccc3c(C=Nc4ccc(OC)c(O)c4)c(O)[nH]c3c2)c1. The number of aromatic amines is 1. The molecule has 5 rings (SSSR count). The fourth-order valence-electron chi connectivity index (χ4n) is 4.44. The number of hydrogen-bond donors (Lipinski definition) is 4. The van der Waals surface area contributed by atoms with Crippen LogP contribution in [0.4, 0.5) is 11.4 Å². The monoisotopic (exact) mass is 537 g/mol. The zero-order valence-corrected chi connectivity index (χ0v) is 22.1. The van der Waals surface area contributed by atoms with E-state index in [2.05, 4.69) is 20.4 Å². The van der Waals surface area contributed by atoms with Gasteiger partial charge in [-0.3, -0.25) is 19.3 Å². The maximum Gasteiger partial charge on any atom is 0.273 e. The van der Waals surface area contributed by atoms with Crippen LogP contribution in [0.1, 0.15) is 44.6 Å². The number of amides is 1. The molecule has 0 atom stereocenters. The summed E-state index contributed by atoms with van der Waals surface area (Å²) < 4.78 is 6.67. The molecule has 2 aromatic heterocycles. The van der Waals surface area contributed by atoms with E-state index in [4.69, 9.17) is 4.74 Å². The van der Waals surface area contributed by atoms with Crippen molar-refractivity contribution >= 4 is 40.2 Å². The van der Waals surface area contributed by atoms with Crippen LogP contribution in [-0.4, -0.2) is 50.0 Å². The summed E-state index contributed by atoms with van der Waals surface area (Å²) in [5.41, 5.74) is 3.94. The van der Waals surface area contributed by atoms with E-state index in [1.165, 1.54) is 19.4 Å². The predicted molar refractivity (Wildman–Crippen MR) is 152 cm³/mol. The Kier molecular flexibility index (Phi) is 7.07. The summed E-state index contributed by atoms with van der Waals surface area (Å²) >= 11 is 0. The van der Waals surface area contributed by atoms with Crippen LogP contribution in [-0.2, 0) is 6.54 Å². The molecule has 1 amide bonds. The first-order valence-corrected chi connectivity index (χ1v) is 12.5. The van der Waals surface area contributed by atoms with E-state index in [1.54, 1.807) is 65.3 Å². The molecule has 202 valence electrons. The number of ketones is 1. The number of carbonyl (C=O) groups is 2. The molecule has 0 aliphatic heterocycles. The molecule has 40 heavy (non-hydrogen) atoms. The number of aryl methyl sites for hydroxylation is 2. The van der Waals surface area contributed by atoms with Crippen molar-refractivity contribution in [2.24, 2.45) is 4.99 Å². The topological polar surface area (TPSA) is 142 Å². The molecule has 2 heterocycles. The van der Waals surface area contributed by atoms with Crippen molar-refractivity contribution < 1.29 is 24.5 Å². The van der Waals surface area contributed by atoms with E-state index in [0.29, 0.717) is 57.0 Å². The number of fused-ring (bicyclic) bond motifs is 1. The number of hydrogen-bond acceptors (Lipinski definition) is 7. The van der Waals surface area contributed by atoms with Gasteiger partial charge in [0.1, 0.15) is 5.69 Å². The molecule has 4 N–H and O–H groups in total. The third-order valence-electron chi connectivity index (χ3n) is 6.40. The second-order valence-corrected chi connectivity index (χ2v) is 9.11. The third kappa shape index (κ3) is 5.14. The first kappa shape index (κ1) is 26.2. The zero-order chi connectivity index (χ0) is 28.4. The summed E-state index contributed by atoms with van der Waals surface area (Å²) in [5, 5.41) is 28.3. The van der Waals surface area contributed by atoms with Crippen LogP contribution in [0, 0.1) is 6.92 Å². The lowest BCUT2D eigenvalue weighted by Gasteiger charge is -2.08. The number of phenolic OH excluding ortho intramolecular Hbond substituents is 1. The van der Waals surface area contributed by atoms with Crippen molar-refractivity contribution in [2.75, 3.05) is 12.4 Å². The number of H-pyrrole nitrogens is 1. The van der Waals surface area contributed by atoms with Gasteiger partial charge in [0.2, 0.25) is 0 Å². The van der Waals surface area contributed by atoms with Crippen molar-refractivity contribution in [1.82, 2.24) is 14.8 Å². The molecule has 5 aromatic rings. The summed E-state index contributed by atoms with van der Waals surface area (Å²) in [6, 6.07) is 18.2. The van der Waals surface area contributed by atoms with Gasteiger partial charge >= 0.3 is 0 Å². The Hall–Kier alpha value is -5.38. The standard InChI is InChI=1S/C30H27N5O5/c1-4-35-25(12-17(2)34-35)30(39)32-21-7-5-6-18(13-21)28(37)19-8-10-22-23(29(38)33-24(22)14-19)16-31-20-9-11-27(40-3)26(36)15-20/h5-16,33,36,38H,4H2,1-3H3,(H,32,39).